The van der Waals surface area contributed by atoms with Gasteiger partial charge >= 0.3 is 5.97 Å². The number of aliphatic hydroxyl groups is 1. The largest absolute Gasteiger partial charge is 0.481 e. The van der Waals surface area contributed by atoms with Crippen molar-refractivity contribution in [1.82, 2.24) is 9.78 Å². The summed E-state index contributed by atoms with van der Waals surface area (Å²) in [5, 5.41) is 22.6. The van der Waals surface area contributed by atoms with Crippen LogP contribution < -0.4 is 5.43 Å². The first-order valence-electron chi connectivity index (χ1n) is 5.42. The number of aliphatic hydroxyl groups excluding tert-OH is 1. The zero-order valence-electron chi connectivity index (χ0n) is 9.48. The number of aromatic nitrogens is 2. The maximum atomic E-state index is 11.6. The van der Waals surface area contributed by atoms with E-state index in [1.807, 2.05) is 0 Å². The van der Waals surface area contributed by atoms with Crippen molar-refractivity contribution < 1.29 is 15.0 Å². The van der Waals surface area contributed by atoms with E-state index >= 15 is 0 Å². The van der Waals surface area contributed by atoms with Crippen LogP contribution in [0.5, 0.6) is 0 Å². The molecule has 0 saturated heterocycles. The summed E-state index contributed by atoms with van der Waals surface area (Å²) in [6.07, 6.45) is -0.237. The summed E-state index contributed by atoms with van der Waals surface area (Å²) in [5.41, 5.74) is 0.379. The molecule has 0 aliphatic rings. The number of fused-ring (bicyclic) bond motifs is 1. The maximum absolute atomic E-state index is 11.6. The summed E-state index contributed by atoms with van der Waals surface area (Å²) in [7, 11) is 0. The number of benzene rings is 1. The van der Waals surface area contributed by atoms with Gasteiger partial charge in [-0.15, -0.1) is 0 Å². The molecule has 1 unspecified atom stereocenters. The molecule has 6 nitrogen and oxygen atoms in total. The van der Waals surface area contributed by atoms with Gasteiger partial charge < -0.3 is 10.2 Å². The molecular weight excluding hydrogens is 236 g/mol. The van der Waals surface area contributed by atoms with Crippen LogP contribution in [0.3, 0.4) is 0 Å². The highest BCUT2D eigenvalue weighted by Crippen LogP contribution is 2.09. The van der Waals surface area contributed by atoms with Gasteiger partial charge in [0.2, 0.25) is 5.43 Å². The topological polar surface area (TPSA) is 92.4 Å². The number of carbonyl (C=O) groups is 1. The smallest absolute Gasteiger partial charge is 0.306 e. The summed E-state index contributed by atoms with van der Waals surface area (Å²) < 4.78 is 1.43. The molecule has 2 aromatic rings. The second-order valence-electron chi connectivity index (χ2n) is 3.96. The van der Waals surface area contributed by atoms with E-state index in [0.29, 0.717) is 10.9 Å². The van der Waals surface area contributed by atoms with Crippen molar-refractivity contribution in [2.75, 3.05) is 0 Å². The Morgan fingerprint density at radius 1 is 1.39 bits per heavy atom. The summed E-state index contributed by atoms with van der Waals surface area (Å²) in [5.74, 6) is -1.08. The monoisotopic (exact) mass is 248 g/mol. The third kappa shape index (κ3) is 2.54. The summed E-state index contributed by atoms with van der Waals surface area (Å²) in [6.45, 7) is 0.0348. The molecule has 1 heterocycles. The Kier molecular flexibility index (Phi) is 3.38. The Labute approximate surface area is 102 Å². The number of hydrogen-bond acceptors (Lipinski definition) is 4. The third-order valence-corrected chi connectivity index (χ3v) is 2.56. The predicted molar refractivity (Wildman–Crippen MR) is 64.3 cm³/mol. The van der Waals surface area contributed by atoms with Crippen molar-refractivity contribution in [3.8, 4) is 0 Å². The first-order valence-corrected chi connectivity index (χ1v) is 5.42. The lowest BCUT2D eigenvalue weighted by molar-refractivity contribution is -0.139. The van der Waals surface area contributed by atoms with E-state index in [-0.39, 0.29) is 18.4 Å². The molecule has 0 aliphatic heterocycles. The lowest BCUT2D eigenvalue weighted by atomic mass is 10.2. The van der Waals surface area contributed by atoms with Crippen LogP contribution in [0.1, 0.15) is 6.42 Å². The van der Waals surface area contributed by atoms with Gasteiger partial charge in [0.25, 0.3) is 0 Å². The van der Waals surface area contributed by atoms with Crippen molar-refractivity contribution >= 4 is 16.9 Å². The minimum absolute atomic E-state index is 0.0348. The molecule has 0 radical (unpaired) electrons. The molecule has 0 fully saturated rings. The molecule has 0 bridgehead atoms. The van der Waals surface area contributed by atoms with Crippen LogP contribution in [0.25, 0.3) is 10.9 Å². The number of nitrogens with zero attached hydrogens (tertiary/aromatic N) is 2. The van der Waals surface area contributed by atoms with Crippen molar-refractivity contribution in [1.29, 1.82) is 0 Å². The van der Waals surface area contributed by atoms with E-state index in [1.165, 1.54) is 4.68 Å². The van der Waals surface area contributed by atoms with Gasteiger partial charge in [-0.3, -0.25) is 14.3 Å². The van der Waals surface area contributed by atoms with Crippen LogP contribution in [0.4, 0.5) is 0 Å². The molecule has 1 aromatic carbocycles. The second kappa shape index (κ2) is 4.97. The highest BCUT2D eigenvalue weighted by molar-refractivity contribution is 5.77. The Hall–Kier alpha value is -2.21. The van der Waals surface area contributed by atoms with Gasteiger partial charge in [0.1, 0.15) is 0 Å². The fourth-order valence-corrected chi connectivity index (χ4v) is 1.77. The van der Waals surface area contributed by atoms with Crippen LogP contribution in [-0.4, -0.2) is 32.1 Å². The molecule has 1 atom stereocenters. The summed E-state index contributed by atoms with van der Waals surface area (Å²) in [4.78, 5) is 22.0. The Bertz CT molecular complexity index is 635. The van der Waals surface area contributed by atoms with Gasteiger partial charge in [-0.25, -0.2) is 0 Å². The normalized spacial score (nSPS) is 12.5. The second-order valence-corrected chi connectivity index (χ2v) is 3.96. The molecule has 94 valence electrons. The number of para-hydroxylation sites is 1. The zero-order chi connectivity index (χ0) is 13.1. The van der Waals surface area contributed by atoms with E-state index in [9.17, 15) is 14.7 Å². The van der Waals surface area contributed by atoms with Crippen molar-refractivity contribution in [2.45, 2.75) is 19.1 Å². The van der Waals surface area contributed by atoms with Gasteiger partial charge in [-0.2, -0.15) is 5.10 Å². The zero-order valence-corrected chi connectivity index (χ0v) is 9.48. The number of carboxylic acids is 1. The molecule has 6 heteroatoms. The number of aliphatic carboxylic acids is 1. The molecule has 18 heavy (non-hydrogen) atoms. The van der Waals surface area contributed by atoms with E-state index in [4.69, 9.17) is 5.11 Å². The van der Waals surface area contributed by atoms with Crippen LogP contribution in [0.15, 0.2) is 35.3 Å². The number of rotatable bonds is 4. The molecule has 2 N–H and O–H groups in total. The van der Waals surface area contributed by atoms with Gasteiger partial charge in [0.15, 0.2) is 0 Å². The molecule has 1 aromatic heterocycles. The van der Waals surface area contributed by atoms with E-state index in [0.717, 1.165) is 6.20 Å². The van der Waals surface area contributed by atoms with Crippen molar-refractivity contribution in [3.05, 3.63) is 40.7 Å². The maximum Gasteiger partial charge on any atom is 0.306 e. The Balaban J connectivity index is 2.37. The average molecular weight is 248 g/mol. The minimum atomic E-state index is -1.08. The first-order chi connectivity index (χ1) is 8.58. The van der Waals surface area contributed by atoms with Crippen LogP contribution >= 0.6 is 0 Å². The molecular formula is C12H12N2O4. The molecule has 0 spiro atoms. The third-order valence-electron chi connectivity index (χ3n) is 2.56. The molecule has 2 rings (SSSR count). The average Bonchev–Trinajstić information content (AvgIpc) is 2.32. The predicted octanol–water partition coefficient (Wildman–Crippen LogP) is 0.232. The van der Waals surface area contributed by atoms with E-state index in [1.54, 1.807) is 24.3 Å². The number of carboxylic acid groups (broad SMARTS) is 1. The molecule has 0 saturated carbocycles. The standard InChI is InChI=1S/C12H12N2O4/c15-8(5-12(17)18)7-14-10-4-2-1-3-9(10)11(16)6-13-14/h1-4,6,8,15H,5,7H2,(H,17,18). The Morgan fingerprint density at radius 2 is 2.11 bits per heavy atom. The molecule has 0 amide bonds. The fourth-order valence-electron chi connectivity index (χ4n) is 1.77. The number of hydrogen-bond donors (Lipinski definition) is 2. The fraction of sp³-hybridized carbons (Fsp3) is 0.250. The van der Waals surface area contributed by atoms with Crippen LogP contribution in [-0.2, 0) is 11.3 Å². The lowest BCUT2D eigenvalue weighted by Crippen LogP contribution is -2.23. The Morgan fingerprint density at radius 3 is 2.83 bits per heavy atom. The highest BCUT2D eigenvalue weighted by Gasteiger charge is 2.12. The van der Waals surface area contributed by atoms with Gasteiger partial charge in [0, 0.05) is 5.39 Å². The quantitative estimate of drug-likeness (QED) is 0.808. The van der Waals surface area contributed by atoms with E-state index in [2.05, 4.69) is 5.10 Å². The molecule has 0 aliphatic carbocycles. The van der Waals surface area contributed by atoms with E-state index < -0.39 is 12.1 Å². The highest BCUT2D eigenvalue weighted by atomic mass is 16.4. The minimum Gasteiger partial charge on any atom is -0.481 e. The van der Waals surface area contributed by atoms with Gasteiger partial charge in [-0.1, -0.05) is 12.1 Å². The lowest BCUT2D eigenvalue weighted by Gasteiger charge is -2.12. The van der Waals surface area contributed by atoms with Crippen molar-refractivity contribution in [3.63, 3.8) is 0 Å². The van der Waals surface area contributed by atoms with Crippen molar-refractivity contribution in [2.24, 2.45) is 0 Å². The van der Waals surface area contributed by atoms with Gasteiger partial charge in [-0.05, 0) is 12.1 Å². The van der Waals surface area contributed by atoms with Crippen LogP contribution in [0, 0.1) is 0 Å². The van der Waals surface area contributed by atoms with Crippen LogP contribution in [0.2, 0.25) is 0 Å². The van der Waals surface area contributed by atoms with Gasteiger partial charge in [0.05, 0.1) is 30.8 Å². The summed E-state index contributed by atoms with van der Waals surface area (Å²) in [6, 6.07) is 6.86. The summed E-state index contributed by atoms with van der Waals surface area (Å²) >= 11 is 0. The first kappa shape index (κ1) is 12.3. The SMILES string of the molecule is O=C(O)CC(O)Cn1ncc(=O)c2ccccc21.